The zero-order chi connectivity index (χ0) is 16.5. The van der Waals surface area contributed by atoms with E-state index in [2.05, 4.69) is 58.0 Å². The van der Waals surface area contributed by atoms with Gasteiger partial charge in [-0.2, -0.15) is 11.8 Å². The largest absolute Gasteiger partial charge is 0.356 e. The summed E-state index contributed by atoms with van der Waals surface area (Å²) in [7, 11) is 1.84. The number of nitrogens with one attached hydrogen (secondary N) is 2. The smallest absolute Gasteiger partial charge is 0.191 e. The van der Waals surface area contributed by atoms with Crippen LogP contribution in [0, 0.1) is 6.92 Å². The average molecular weight is 462 g/mol. The predicted molar refractivity (Wildman–Crippen MR) is 118 cm³/mol. The molecule has 2 N–H and O–H groups in total. The van der Waals surface area contributed by atoms with Gasteiger partial charge in [-0.3, -0.25) is 9.89 Å². The second-order valence-electron chi connectivity index (χ2n) is 6.04. The molecule has 0 aromatic heterocycles. The zero-order valence-electron chi connectivity index (χ0n) is 15.0. The lowest BCUT2D eigenvalue weighted by atomic mass is 10.0. The number of benzene rings is 1. The minimum Gasteiger partial charge on any atom is -0.356 e. The molecule has 0 bridgehead atoms. The number of guanidine groups is 1. The van der Waals surface area contributed by atoms with Crippen LogP contribution in [0.3, 0.4) is 0 Å². The summed E-state index contributed by atoms with van der Waals surface area (Å²) in [5.74, 6) is 1.99. The predicted octanol–water partition coefficient (Wildman–Crippen LogP) is 3.28. The summed E-state index contributed by atoms with van der Waals surface area (Å²) in [5.41, 5.74) is 2.71. The molecule has 1 heterocycles. The Balaban J connectivity index is 0.00000288. The van der Waals surface area contributed by atoms with Crippen LogP contribution in [0.4, 0.5) is 0 Å². The lowest BCUT2D eigenvalue weighted by molar-refractivity contribution is 0.245. The number of aliphatic imine (C=N–C) groups is 1. The van der Waals surface area contributed by atoms with Crippen molar-refractivity contribution in [2.24, 2.45) is 4.99 Å². The third-order valence-electron chi connectivity index (χ3n) is 4.33. The summed E-state index contributed by atoms with van der Waals surface area (Å²) in [6.45, 7) is 6.36. The van der Waals surface area contributed by atoms with Gasteiger partial charge in [0.2, 0.25) is 0 Å². The van der Waals surface area contributed by atoms with Crippen molar-refractivity contribution >= 4 is 41.7 Å². The molecule has 0 spiro atoms. The summed E-state index contributed by atoms with van der Waals surface area (Å²) in [6, 6.07) is 9.37. The highest BCUT2D eigenvalue weighted by Crippen LogP contribution is 2.24. The molecule has 6 heteroatoms. The molecule has 1 saturated heterocycles. The number of aryl methyl sites for hydroxylation is 1. The van der Waals surface area contributed by atoms with Crippen LogP contribution in [0.25, 0.3) is 0 Å². The molecule has 24 heavy (non-hydrogen) atoms. The van der Waals surface area contributed by atoms with Crippen LogP contribution in [0.1, 0.15) is 30.0 Å². The van der Waals surface area contributed by atoms with Gasteiger partial charge in [-0.25, -0.2) is 0 Å². The van der Waals surface area contributed by atoms with Crippen LogP contribution < -0.4 is 10.6 Å². The lowest BCUT2D eigenvalue weighted by Crippen LogP contribution is -2.43. The fraction of sp³-hybridized carbons (Fsp3) is 0.611. The molecule has 1 unspecified atom stereocenters. The lowest BCUT2D eigenvalue weighted by Gasteiger charge is -2.29. The Bertz CT molecular complexity index is 486. The molecule has 1 atom stereocenters. The number of halogens is 1. The number of likely N-dealkylation sites (tertiary alicyclic amines) is 1. The molecule has 1 aromatic rings. The van der Waals surface area contributed by atoms with Gasteiger partial charge in [-0.1, -0.05) is 29.8 Å². The molecule has 4 nitrogen and oxygen atoms in total. The van der Waals surface area contributed by atoms with Gasteiger partial charge in [-0.15, -0.1) is 24.0 Å². The first kappa shape index (κ1) is 21.6. The molecule has 1 aromatic carbocycles. The third kappa shape index (κ3) is 6.80. The van der Waals surface area contributed by atoms with Crippen molar-refractivity contribution in [2.75, 3.05) is 45.2 Å². The Morgan fingerprint density at radius 3 is 2.46 bits per heavy atom. The molecular formula is C18H31IN4S. The number of thioether (sulfide) groups is 1. The SMILES string of the molecule is CN=C(NCCSC)NCC(c1ccc(C)cc1)N1CCCC1.I. The molecular weight excluding hydrogens is 431 g/mol. The summed E-state index contributed by atoms with van der Waals surface area (Å²) < 4.78 is 0. The van der Waals surface area contributed by atoms with Crippen molar-refractivity contribution in [3.8, 4) is 0 Å². The Morgan fingerprint density at radius 1 is 1.21 bits per heavy atom. The van der Waals surface area contributed by atoms with Crippen molar-refractivity contribution in [2.45, 2.75) is 25.8 Å². The molecule has 136 valence electrons. The first-order valence-electron chi connectivity index (χ1n) is 8.48. The molecule has 2 rings (SSSR count). The van der Waals surface area contributed by atoms with E-state index in [4.69, 9.17) is 0 Å². The van der Waals surface area contributed by atoms with Gasteiger partial charge in [-0.05, 0) is 44.7 Å². The molecule has 0 aliphatic carbocycles. The van der Waals surface area contributed by atoms with E-state index in [0.29, 0.717) is 6.04 Å². The standard InChI is InChI=1S/C18H30N4S.HI/c1-15-6-8-16(9-7-15)17(22-11-4-5-12-22)14-21-18(19-2)20-10-13-23-3;/h6-9,17H,4-5,10-14H2,1-3H3,(H2,19,20,21);1H. The maximum Gasteiger partial charge on any atom is 0.191 e. The topological polar surface area (TPSA) is 39.7 Å². The molecule has 1 aliphatic rings. The van der Waals surface area contributed by atoms with Crippen LogP contribution >= 0.6 is 35.7 Å². The van der Waals surface area contributed by atoms with Crippen LogP contribution in [0.2, 0.25) is 0 Å². The van der Waals surface area contributed by atoms with Gasteiger partial charge < -0.3 is 10.6 Å². The first-order chi connectivity index (χ1) is 11.2. The number of nitrogens with zero attached hydrogens (tertiary/aromatic N) is 2. The van der Waals surface area contributed by atoms with Crippen molar-refractivity contribution in [1.82, 2.24) is 15.5 Å². The van der Waals surface area contributed by atoms with Crippen molar-refractivity contribution in [3.05, 3.63) is 35.4 Å². The van der Waals surface area contributed by atoms with E-state index in [-0.39, 0.29) is 24.0 Å². The van der Waals surface area contributed by atoms with Crippen LogP contribution in [-0.4, -0.2) is 56.1 Å². The highest BCUT2D eigenvalue weighted by molar-refractivity contribution is 14.0. The fourth-order valence-corrected chi connectivity index (χ4v) is 3.29. The molecule has 0 radical (unpaired) electrons. The normalized spacial score (nSPS) is 16.5. The maximum absolute atomic E-state index is 4.33. The van der Waals surface area contributed by atoms with Crippen LogP contribution in [0.15, 0.2) is 29.3 Å². The molecule has 0 saturated carbocycles. The fourth-order valence-electron chi connectivity index (χ4n) is 2.99. The van der Waals surface area contributed by atoms with E-state index in [9.17, 15) is 0 Å². The maximum atomic E-state index is 4.33. The van der Waals surface area contributed by atoms with E-state index in [1.807, 2.05) is 18.8 Å². The molecule has 1 fully saturated rings. The van der Waals surface area contributed by atoms with Crippen LogP contribution in [-0.2, 0) is 0 Å². The second-order valence-corrected chi connectivity index (χ2v) is 7.03. The number of hydrogen-bond acceptors (Lipinski definition) is 3. The average Bonchev–Trinajstić information content (AvgIpc) is 3.09. The molecule has 1 aliphatic heterocycles. The third-order valence-corrected chi connectivity index (χ3v) is 4.94. The van der Waals surface area contributed by atoms with Gasteiger partial charge >= 0.3 is 0 Å². The second kappa shape index (κ2) is 12.0. The highest BCUT2D eigenvalue weighted by atomic mass is 127. The minimum atomic E-state index is 0. The number of rotatable bonds is 7. The Labute approximate surface area is 168 Å². The van der Waals surface area contributed by atoms with Crippen molar-refractivity contribution in [3.63, 3.8) is 0 Å². The number of hydrogen-bond donors (Lipinski definition) is 2. The summed E-state index contributed by atoms with van der Waals surface area (Å²) in [6.07, 6.45) is 4.74. The summed E-state index contributed by atoms with van der Waals surface area (Å²) >= 11 is 1.84. The van der Waals surface area contributed by atoms with E-state index >= 15 is 0 Å². The van der Waals surface area contributed by atoms with Crippen molar-refractivity contribution in [1.29, 1.82) is 0 Å². The Kier molecular flexibility index (Phi) is 10.8. The van der Waals surface area contributed by atoms with Gasteiger partial charge in [0.05, 0.1) is 6.04 Å². The van der Waals surface area contributed by atoms with Gasteiger partial charge in [0.25, 0.3) is 0 Å². The Morgan fingerprint density at radius 2 is 1.88 bits per heavy atom. The van der Waals surface area contributed by atoms with Gasteiger partial charge in [0, 0.05) is 25.9 Å². The van der Waals surface area contributed by atoms with Gasteiger partial charge in [0.15, 0.2) is 5.96 Å². The molecule has 0 amide bonds. The first-order valence-corrected chi connectivity index (χ1v) is 9.88. The quantitative estimate of drug-likeness (QED) is 0.283. The van der Waals surface area contributed by atoms with Gasteiger partial charge in [0.1, 0.15) is 0 Å². The van der Waals surface area contributed by atoms with Crippen molar-refractivity contribution < 1.29 is 0 Å². The monoisotopic (exact) mass is 462 g/mol. The van der Waals surface area contributed by atoms with E-state index in [0.717, 1.165) is 24.8 Å². The summed E-state index contributed by atoms with van der Waals surface area (Å²) in [5, 5.41) is 6.88. The Hall–Kier alpha value is -0.470. The highest BCUT2D eigenvalue weighted by Gasteiger charge is 2.23. The minimum absolute atomic E-state index is 0. The van der Waals surface area contributed by atoms with E-state index in [1.54, 1.807) is 0 Å². The van der Waals surface area contributed by atoms with E-state index in [1.165, 1.54) is 37.1 Å². The zero-order valence-corrected chi connectivity index (χ0v) is 18.2. The van der Waals surface area contributed by atoms with E-state index < -0.39 is 0 Å². The summed E-state index contributed by atoms with van der Waals surface area (Å²) in [4.78, 5) is 6.92. The van der Waals surface area contributed by atoms with Crippen LogP contribution in [0.5, 0.6) is 0 Å².